The van der Waals surface area contributed by atoms with Gasteiger partial charge in [-0.3, -0.25) is 0 Å². The highest BCUT2D eigenvalue weighted by Crippen LogP contribution is 2.34. The van der Waals surface area contributed by atoms with Crippen LogP contribution in [0.15, 0.2) is 30.5 Å². The van der Waals surface area contributed by atoms with E-state index in [1.54, 1.807) is 7.11 Å². The van der Waals surface area contributed by atoms with Crippen LogP contribution in [0.1, 0.15) is 25.7 Å². The summed E-state index contributed by atoms with van der Waals surface area (Å²) in [5.41, 5.74) is 6.01. The van der Waals surface area contributed by atoms with Gasteiger partial charge in [-0.25, -0.2) is 4.98 Å². The first-order valence-electron chi connectivity index (χ1n) is 7.17. The van der Waals surface area contributed by atoms with Gasteiger partial charge in [0.1, 0.15) is 11.6 Å². The van der Waals surface area contributed by atoms with Gasteiger partial charge >= 0.3 is 0 Å². The number of fused-ring (bicyclic) bond motifs is 1. The summed E-state index contributed by atoms with van der Waals surface area (Å²) in [7, 11) is 1.68. The highest BCUT2D eigenvalue weighted by Gasteiger charge is 2.32. The molecular formula is C16H21N3O. The Morgan fingerprint density at radius 3 is 2.80 bits per heavy atom. The number of ether oxygens (including phenoxy) is 1. The zero-order valence-electron chi connectivity index (χ0n) is 11.9. The van der Waals surface area contributed by atoms with Gasteiger partial charge in [-0.15, -0.1) is 0 Å². The molecule has 0 amide bonds. The highest BCUT2D eigenvalue weighted by molar-refractivity contribution is 5.93. The monoisotopic (exact) mass is 271 g/mol. The minimum atomic E-state index is 0.00433. The van der Waals surface area contributed by atoms with E-state index in [2.05, 4.69) is 16.4 Å². The van der Waals surface area contributed by atoms with Gasteiger partial charge in [-0.2, -0.15) is 0 Å². The van der Waals surface area contributed by atoms with Crippen molar-refractivity contribution in [3.63, 3.8) is 0 Å². The molecule has 1 saturated carbocycles. The van der Waals surface area contributed by atoms with E-state index >= 15 is 0 Å². The van der Waals surface area contributed by atoms with Crippen LogP contribution in [0.5, 0.6) is 5.75 Å². The number of aromatic nitrogens is 1. The Bertz CT molecular complexity index is 606. The van der Waals surface area contributed by atoms with Crippen molar-refractivity contribution in [2.24, 2.45) is 5.73 Å². The first-order valence-corrected chi connectivity index (χ1v) is 7.17. The van der Waals surface area contributed by atoms with Crippen LogP contribution in [-0.4, -0.2) is 24.2 Å². The van der Waals surface area contributed by atoms with Crippen molar-refractivity contribution in [2.75, 3.05) is 19.0 Å². The Hall–Kier alpha value is -1.81. The van der Waals surface area contributed by atoms with E-state index in [0.717, 1.165) is 35.2 Å². The molecule has 0 bridgehead atoms. The maximum atomic E-state index is 6.00. The Morgan fingerprint density at radius 2 is 2.10 bits per heavy atom. The predicted octanol–water partition coefficient (Wildman–Crippen LogP) is 2.93. The Labute approximate surface area is 119 Å². The summed E-state index contributed by atoms with van der Waals surface area (Å²) in [4.78, 5) is 4.52. The van der Waals surface area contributed by atoms with Crippen molar-refractivity contribution < 1.29 is 4.74 Å². The number of nitrogens with one attached hydrogen (secondary N) is 1. The van der Waals surface area contributed by atoms with E-state index in [1.807, 2.05) is 24.4 Å². The molecule has 106 valence electrons. The van der Waals surface area contributed by atoms with Gasteiger partial charge in [0, 0.05) is 18.1 Å². The smallest absolute Gasteiger partial charge is 0.134 e. The summed E-state index contributed by atoms with van der Waals surface area (Å²) < 4.78 is 5.32. The number of hydrogen-bond donors (Lipinski definition) is 2. The lowest BCUT2D eigenvalue weighted by Crippen LogP contribution is -2.43. The number of hydrogen-bond acceptors (Lipinski definition) is 4. The third kappa shape index (κ3) is 2.31. The topological polar surface area (TPSA) is 60.2 Å². The van der Waals surface area contributed by atoms with Gasteiger partial charge in [-0.1, -0.05) is 18.9 Å². The summed E-state index contributed by atoms with van der Waals surface area (Å²) in [5.74, 6) is 1.76. The molecule has 2 aromatic rings. The van der Waals surface area contributed by atoms with Gasteiger partial charge < -0.3 is 15.8 Å². The van der Waals surface area contributed by atoms with Gasteiger partial charge in [0.15, 0.2) is 0 Å². The van der Waals surface area contributed by atoms with Crippen molar-refractivity contribution in [2.45, 2.75) is 31.2 Å². The Kier molecular flexibility index (Phi) is 3.49. The first kappa shape index (κ1) is 13.2. The zero-order valence-corrected chi connectivity index (χ0v) is 11.9. The molecule has 1 aromatic carbocycles. The molecule has 20 heavy (non-hydrogen) atoms. The summed E-state index contributed by atoms with van der Waals surface area (Å²) in [6, 6.07) is 8.08. The quantitative estimate of drug-likeness (QED) is 0.897. The number of nitrogens with zero attached hydrogens (tertiary/aromatic N) is 1. The summed E-state index contributed by atoms with van der Waals surface area (Å²) >= 11 is 0. The van der Waals surface area contributed by atoms with Crippen molar-refractivity contribution in [3.05, 3.63) is 30.5 Å². The van der Waals surface area contributed by atoms with Crippen LogP contribution in [0.3, 0.4) is 0 Å². The lowest BCUT2D eigenvalue weighted by Gasteiger charge is -2.30. The fourth-order valence-corrected chi connectivity index (χ4v) is 3.06. The number of benzene rings is 1. The molecule has 0 spiro atoms. The van der Waals surface area contributed by atoms with Crippen LogP contribution < -0.4 is 15.8 Å². The number of methoxy groups -OCH3 is 1. The molecule has 1 heterocycles. The van der Waals surface area contributed by atoms with E-state index in [4.69, 9.17) is 10.5 Å². The molecule has 4 heteroatoms. The number of nitrogens with two attached hydrogens (primary N) is 1. The average molecular weight is 271 g/mol. The molecule has 0 unspecified atom stereocenters. The second kappa shape index (κ2) is 5.29. The highest BCUT2D eigenvalue weighted by atomic mass is 16.5. The molecule has 1 aliphatic rings. The average Bonchev–Trinajstić information content (AvgIpc) is 2.96. The van der Waals surface area contributed by atoms with Crippen molar-refractivity contribution in [1.29, 1.82) is 0 Å². The fraction of sp³-hybridized carbons (Fsp3) is 0.438. The van der Waals surface area contributed by atoms with Gasteiger partial charge in [0.2, 0.25) is 0 Å². The van der Waals surface area contributed by atoms with Crippen molar-refractivity contribution in [1.82, 2.24) is 4.98 Å². The minimum absolute atomic E-state index is 0.00433. The van der Waals surface area contributed by atoms with Gasteiger partial charge in [0.25, 0.3) is 0 Å². The van der Waals surface area contributed by atoms with E-state index in [9.17, 15) is 0 Å². The van der Waals surface area contributed by atoms with Crippen molar-refractivity contribution in [3.8, 4) is 5.75 Å². The van der Waals surface area contributed by atoms with E-state index < -0.39 is 0 Å². The largest absolute Gasteiger partial charge is 0.497 e. The van der Waals surface area contributed by atoms with Gasteiger partial charge in [0.05, 0.1) is 12.6 Å². The SMILES string of the molecule is COc1ccc2ccnc(NC3(CN)CCCC3)c2c1. The molecule has 3 N–H and O–H groups in total. The van der Waals surface area contributed by atoms with Crippen LogP contribution in [-0.2, 0) is 0 Å². The van der Waals surface area contributed by atoms with E-state index in [1.165, 1.54) is 12.8 Å². The maximum absolute atomic E-state index is 6.00. The minimum Gasteiger partial charge on any atom is -0.497 e. The second-order valence-corrected chi connectivity index (χ2v) is 5.56. The van der Waals surface area contributed by atoms with E-state index in [-0.39, 0.29) is 5.54 Å². The first-order chi connectivity index (χ1) is 9.76. The third-order valence-corrected chi connectivity index (χ3v) is 4.31. The molecule has 0 saturated heterocycles. The number of anilines is 1. The van der Waals surface area contributed by atoms with Crippen LogP contribution in [0.4, 0.5) is 5.82 Å². The molecule has 0 radical (unpaired) electrons. The molecule has 4 nitrogen and oxygen atoms in total. The van der Waals surface area contributed by atoms with E-state index in [0.29, 0.717) is 6.54 Å². The maximum Gasteiger partial charge on any atom is 0.134 e. The molecule has 1 fully saturated rings. The summed E-state index contributed by atoms with van der Waals surface area (Å²) in [5, 5.41) is 5.86. The summed E-state index contributed by atoms with van der Waals surface area (Å²) in [6.07, 6.45) is 6.55. The summed E-state index contributed by atoms with van der Waals surface area (Å²) in [6.45, 7) is 0.648. The molecule has 3 rings (SSSR count). The lowest BCUT2D eigenvalue weighted by atomic mass is 9.97. The Morgan fingerprint density at radius 1 is 1.30 bits per heavy atom. The molecule has 1 aliphatic carbocycles. The second-order valence-electron chi connectivity index (χ2n) is 5.56. The van der Waals surface area contributed by atoms with Crippen molar-refractivity contribution >= 4 is 16.6 Å². The van der Waals surface area contributed by atoms with Crippen LogP contribution in [0, 0.1) is 0 Å². The van der Waals surface area contributed by atoms with Crippen LogP contribution in [0.25, 0.3) is 10.8 Å². The van der Waals surface area contributed by atoms with Crippen LogP contribution >= 0.6 is 0 Å². The number of rotatable bonds is 4. The predicted molar refractivity (Wildman–Crippen MR) is 82.2 cm³/mol. The van der Waals surface area contributed by atoms with Gasteiger partial charge in [-0.05, 0) is 36.4 Å². The fourth-order valence-electron chi connectivity index (χ4n) is 3.06. The standard InChI is InChI=1S/C16H21N3O/c1-20-13-5-4-12-6-9-18-15(14(12)10-13)19-16(11-17)7-2-3-8-16/h4-6,9-10H,2-3,7-8,11,17H2,1H3,(H,18,19). The third-order valence-electron chi connectivity index (χ3n) is 4.31. The molecule has 1 aromatic heterocycles. The van der Waals surface area contributed by atoms with Crippen LogP contribution in [0.2, 0.25) is 0 Å². The zero-order chi connectivity index (χ0) is 14.0. The lowest BCUT2D eigenvalue weighted by molar-refractivity contribution is 0.415. The molecule has 0 atom stereocenters. The molecular weight excluding hydrogens is 250 g/mol. The molecule has 0 aliphatic heterocycles. The normalized spacial score (nSPS) is 17.3. The number of pyridine rings is 1. The Balaban J connectivity index is 2.02.